The van der Waals surface area contributed by atoms with Crippen LogP contribution in [0.3, 0.4) is 0 Å². The van der Waals surface area contributed by atoms with Gasteiger partial charge in [-0.2, -0.15) is 0 Å². The molecule has 0 fully saturated rings. The third-order valence-electron chi connectivity index (χ3n) is 1.51. The molecule has 5 heteroatoms. The maximum Gasteiger partial charge on any atom is 0.225 e. The molecule has 0 saturated heterocycles. The molecule has 0 aliphatic heterocycles. The molecule has 0 aliphatic rings. The van der Waals surface area contributed by atoms with Crippen LogP contribution in [0.2, 0.25) is 0 Å². The fraction of sp³-hybridized carbons (Fsp3) is 0.500. The van der Waals surface area contributed by atoms with Crippen molar-refractivity contribution in [2.24, 2.45) is 5.73 Å². The molecule has 2 N–H and O–H groups in total. The lowest BCUT2D eigenvalue weighted by Gasteiger charge is -2.18. The zero-order valence-electron chi connectivity index (χ0n) is 7.74. The van der Waals surface area contributed by atoms with E-state index in [4.69, 9.17) is 5.73 Å². The summed E-state index contributed by atoms with van der Waals surface area (Å²) in [6, 6.07) is 0.132. The van der Waals surface area contributed by atoms with Crippen LogP contribution in [0.15, 0.2) is 12.4 Å². The lowest BCUT2D eigenvalue weighted by Crippen LogP contribution is -2.33. The normalized spacial score (nSPS) is 12.6. The van der Waals surface area contributed by atoms with E-state index in [0.717, 1.165) is 16.1 Å². The Morgan fingerprint density at radius 2 is 2.08 bits per heavy atom. The molecule has 1 aromatic rings. The van der Waals surface area contributed by atoms with Gasteiger partial charge in [0.15, 0.2) is 0 Å². The molecule has 1 unspecified atom stereocenters. The number of anilines is 1. The van der Waals surface area contributed by atoms with Gasteiger partial charge in [-0.1, -0.05) is 0 Å². The Hall–Kier alpha value is -0.430. The van der Waals surface area contributed by atoms with E-state index < -0.39 is 0 Å². The molecule has 4 nitrogen and oxygen atoms in total. The predicted octanol–water partition coefficient (Wildman–Crippen LogP) is 0.865. The molecule has 1 heterocycles. The highest BCUT2D eigenvalue weighted by Gasteiger charge is 2.05. The van der Waals surface area contributed by atoms with Crippen molar-refractivity contribution in [3.05, 3.63) is 16.0 Å². The monoisotopic (exact) mass is 292 g/mol. The minimum absolute atomic E-state index is 0.132. The molecule has 0 aromatic carbocycles. The van der Waals surface area contributed by atoms with Crippen LogP contribution in [-0.4, -0.2) is 29.6 Å². The third kappa shape index (κ3) is 3.43. The second kappa shape index (κ2) is 4.71. The summed E-state index contributed by atoms with van der Waals surface area (Å²) in [5, 5.41) is 0. The highest BCUT2D eigenvalue weighted by atomic mass is 127. The van der Waals surface area contributed by atoms with Gasteiger partial charge in [0.25, 0.3) is 0 Å². The maximum atomic E-state index is 5.66. The molecule has 0 spiro atoms. The molecule has 0 saturated carbocycles. The topological polar surface area (TPSA) is 55.0 Å². The van der Waals surface area contributed by atoms with Gasteiger partial charge in [-0.3, -0.25) is 0 Å². The number of hydrogen-bond acceptors (Lipinski definition) is 4. The lowest BCUT2D eigenvalue weighted by molar-refractivity contribution is 0.704. The van der Waals surface area contributed by atoms with Gasteiger partial charge in [0.05, 0.1) is 0 Å². The van der Waals surface area contributed by atoms with Crippen LogP contribution < -0.4 is 10.6 Å². The summed E-state index contributed by atoms with van der Waals surface area (Å²) in [7, 11) is 1.94. The number of likely N-dealkylation sites (N-methyl/N-ethyl adjacent to an activating group) is 1. The molecule has 13 heavy (non-hydrogen) atoms. The van der Waals surface area contributed by atoms with E-state index in [0.29, 0.717) is 0 Å². The largest absolute Gasteiger partial charge is 0.342 e. The molecule has 0 amide bonds. The van der Waals surface area contributed by atoms with Gasteiger partial charge in [-0.15, -0.1) is 0 Å². The van der Waals surface area contributed by atoms with Gasteiger partial charge in [0.1, 0.15) is 0 Å². The SMILES string of the molecule is CC(N)CN(C)c1ncc(I)cn1. The molecule has 72 valence electrons. The van der Waals surface area contributed by atoms with Crippen molar-refractivity contribution < 1.29 is 0 Å². The van der Waals surface area contributed by atoms with E-state index in [2.05, 4.69) is 32.6 Å². The summed E-state index contributed by atoms with van der Waals surface area (Å²) >= 11 is 2.18. The molecule has 0 radical (unpaired) electrons. The van der Waals surface area contributed by atoms with Gasteiger partial charge in [-0.05, 0) is 29.5 Å². The van der Waals surface area contributed by atoms with E-state index in [1.807, 2.05) is 18.9 Å². The van der Waals surface area contributed by atoms with Crippen molar-refractivity contribution in [1.29, 1.82) is 0 Å². The van der Waals surface area contributed by atoms with E-state index in [9.17, 15) is 0 Å². The van der Waals surface area contributed by atoms with Gasteiger partial charge in [0.2, 0.25) is 5.95 Å². The summed E-state index contributed by atoms with van der Waals surface area (Å²) in [4.78, 5) is 10.3. The Bertz CT molecular complexity index is 259. The quantitative estimate of drug-likeness (QED) is 0.840. The summed E-state index contributed by atoms with van der Waals surface area (Å²) in [6.45, 7) is 2.73. The minimum atomic E-state index is 0.132. The first-order valence-corrected chi connectivity index (χ1v) is 5.11. The average molecular weight is 292 g/mol. The highest BCUT2D eigenvalue weighted by Crippen LogP contribution is 2.06. The first-order valence-electron chi connectivity index (χ1n) is 4.04. The van der Waals surface area contributed by atoms with Crippen molar-refractivity contribution >= 4 is 28.5 Å². The van der Waals surface area contributed by atoms with Crippen LogP contribution in [0.1, 0.15) is 6.92 Å². The van der Waals surface area contributed by atoms with Crippen molar-refractivity contribution in [3.63, 3.8) is 0 Å². The third-order valence-corrected chi connectivity index (χ3v) is 2.07. The number of halogens is 1. The summed E-state index contributed by atoms with van der Waals surface area (Å²) < 4.78 is 1.04. The molecule has 1 atom stereocenters. The fourth-order valence-corrected chi connectivity index (χ4v) is 1.29. The number of nitrogens with two attached hydrogens (primary N) is 1. The Morgan fingerprint density at radius 3 is 2.54 bits per heavy atom. The molecule has 0 aliphatic carbocycles. The number of hydrogen-bond donors (Lipinski definition) is 1. The maximum absolute atomic E-state index is 5.66. The first-order chi connectivity index (χ1) is 6.09. The Balaban J connectivity index is 2.66. The fourth-order valence-electron chi connectivity index (χ4n) is 1.02. The standard InChI is InChI=1S/C8H13IN4/c1-6(10)5-13(2)8-11-3-7(9)4-12-8/h3-4,6H,5,10H2,1-2H3. The van der Waals surface area contributed by atoms with Gasteiger partial charge in [-0.25, -0.2) is 9.97 Å². The molecular weight excluding hydrogens is 279 g/mol. The predicted molar refractivity (Wildman–Crippen MR) is 61.7 cm³/mol. The van der Waals surface area contributed by atoms with Crippen molar-refractivity contribution in [2.45, 2.75) is 13.0 Å². The van der Waals surface area contributed by atoms with E-state index >= 15 is 0 Å². The minimum Gasteiger partial charge on any atom is -0.342 e. The average Bonchev–Trinajstić information content (AvgIpc) is 2.04. The van der Waals surface area contributed by atoms with Crippen LogP contribution in [-0.2, 0) is 0 Å². The van der Waals surface area contributed by atoms with E-state index in [1.54, 1.807) is 12.4 Å². The summed E-state index contributed by atoms with van der Waals surface area (Å²) in [5.41, 5.74) is 5.66. The van der Waals surface area contributed by atoms with Crippen molar-refractivity contribution in [1.82, 2.24) is 9.97 Å². The van der Waals surface area contributed by atoms with Gasteiger partial charge >= 0.3 is 0 Å². The van der Waals surface area contributed by atoms with Crippen LogP contribution in [0.4, 0.5) is 5.95 Å². The Kier molecular flexibility index (Phi) is 3.86. The van der Waals surface area contributed by atoms with Gasteiger partial charge < -0.3 is 10.6 Å². The molecule has 0 bridgehead atoms. The zero-order chi connectivity index (χ0) is 9.84. The molecule has 1 aromatic heterocycles. The van der Waals surface area contributed by atoms with Crippen LogP contribution in [0.5, 0.6) is 0 Å². The second-order valence-electron chi connectivity index (χ2n) is 3.06. The first kappa shape index (κ1) is 10.6. The van der Waals surface area contributed by atoms with E-state index in [1.165, 1.54) is 0 Å². The smallest absolute Gasteiger partial charge is 0.225 e. The summed E-state index contributed by atoms with van der Waals surface area (Å²) in [6.07, 6.45) is 3.58. The van der Waals surface area contributed by atoms with Crippen LogP contribution >= 0.6 is 22.6 Å². The van der Waals surface area contributed by atoms with Crippen LogP contribution in [0.25, 0.3) is 0 Å². The highest BCUT2D eigenvalue weighted by molar-refractivity contribution is 14.1. The van der Waals surface area contributed by atoms with E-state index in [-0.39, 0.29) is 6.04 Å². The van der Waals surface area contributed by atoms with Crippen LogP contribution in [0, 0.1) is 3.57 Å². The Labute approximate surface area is 91.7 Å². The summed E-state index contributed by atoms with van der Waals surface area (Å²) in [5.74, 6) is 0.720. The van der Waals surface area contributed by atoms with Gasteiger partial charge in [0, 0.05) is 35.6 Å². The zero-order valence-corrected chi connectivity index (χ0v) is 9.89. The number of rotatable bonds is 3. The molecule has 1 rings (SSSR count). The Morgan fingerprint density at radius 1 is 1.54 bits per heavy atom. The lowest BCUT2D eigenvalue weighted by atomic mass is 10.3. The number of aromatic nitrogens is 2. The second-order valence-corrected chi connectivity index (χ2v) is 4.30. The van der Waals surface area contributed by atoms with Crippen molar-refractivity contribution in [3.8, 4) is 0 Å². The van der Waals surface area contributed by atoms with Crippen molar-refractivity contribution in [2.75, 3.05) is 18.5 Å². The molecular formula is C8H13IN4. The number of nitrogens with zero attached hydrogens (tertiary/aromatic N) is 3.